The number of carbonyl (C=O) groups is 1. The number of thiazole rings is 1. The summed E-state index contributed by atoms with van der Waals surface area (Å²) in [5, 5.41) is 5.73. The van der Waals surface area contributed by atoms with Crippen molar-refractivity contribution in [1.82, 2.24) is 10.3 Å². The first-order valence-electron chi connectivity index (χ1n) is 6.44. The van der Waals surface area contributed by atoms with Crippen molar-refractivity contribution in [1.29, 1.82) is 0 Å². The van der Waals surface area contributed by atoms with Crippen molar-refractivity contribution in [2.75, 3.05) is 11.9 Å². The lowest BCUT2D eigenvalue weighted by Gasteiger charge is -2.08. The quantitative estimate of drug-likeness (QED) is 0.878. The van der Waals surface area contributed by atoms with Gasteiger partial charge in [0, 0.05) is 11.3 Å². The number of alkyl halides is 2. The number of aromatic nitrogens is 1. The Balaban J connectivity index is 0.00000147. The number of hydrogen-bond acceptors (Lipinski definition) is 4. The van der Waals surface area contributed by atoms with Crippen LogP contribution < -0.4 is 10.6 Å². The number of carbonyl (C=O) groups excluding carboxylic acids is 1. The van der Waals surface area contributed by atoms with Gasteiger partial charge in [-0.15, -0.1) is 23.7 Å². The topological polar surface area (TPSA) is 54.0 Å². The second kappa shape index (κ2) is 5.91. The van der Waals surface area contributed by atoms with Crippen LogP contribution in [0.15, 0.2) is 0 Å². The molecule has 20 heavy (non-hydrogen) atoms. The van der Waals surface area contributed by atoms with Crippen molar-refractivity contribution in [2.45, 2.75) is 44.1 Å². The van der Waals surface area contributed by atoms with Crippen LogP contribution in [0, 0.1) is 0 Å². The highest BCUT2D eigenvalue weighted by molar-refractivity contribution is 7.15. The van der Waals surface area contributed by atoms with Gasteiger partial charge in [-0.05, 0) is 25.7 Å². The number of aryl methyl sites for hydroxylation is 2. The number of anilines is 1. The van der Waals surface area contributed by atoms with E-state index in [1.807, 2.05) is 0 Å². The molecule has 0 radical (unpaired) electrons. The van der Waals surface area contributed by atoms with E-state index in [1.54, 1.807) is 0 Å². The molecular weight excluding hydrogens is 308 g/mol. The molecule has 0 spiro atoms. The summed E-state index contributed by atoms with van der Waals surface area (Å²) in [5.74, 6) is -3.20. The summed E-state index contributed by atoms with van der Waals surface area (Å²) in [7, 11) is 0. The van der Waals surface area contributed by atoms with Crippen molar-refractivity contribution in [3.05, 3.63) is 10.6 Å². The molecule has 0 aromatic carbocycles. The van der Waals surface area contributed by atoms with Gasteiger partial charge >= 0.3 is 0 Å². The van der Waals surface area contributed by atoms with Crippen molar-refractivity contribution < 1.29 is 13.6 Å². The Morgan fingerprint density at radius 3 is 2.80 bits per heavy atom. The Morgan fingerprint density at radius 2 is 2.15 bits per heavy atom. The Labute approximate surface area is 125 Å². The molecule has 0 saturated carbocycles. The van der Waals surface area contributed by atoms with Crippen LogP contribution in [0.3, 0.4) is 0 Å². The van der Waals surface area contributed by atoms with Crippen molar-refractivity contribution in [2.24, 2.45) is 0 Å². The summed E-state index contributed by atoms with van der Waals surface area (Å²) < 4.78 is 26.0. The van der Waals surface area contributed by atoms with Gasteiger partial charge in [-0.3, -0.25) is 10.1 Å². The highest BCUT2D eigenvalue weighted by atomic mass is 35.5. The average molecular weight is 324 g/mol. The number of nitrogens with zero attached hydrogens (tertiary/aromatic N) is 1. The third-order valence-corrected chi connectivity index (χ3v) is 4.57. The van der Waals surface area contributed by atoms with Crippen LogP contribution >= 0.6 is 23.7 Å². The van der Waals surface area contributed by atoms with Gasteiger partial charge < -0.3 is 5.32 Å². The van der Waals surface area contributed by atoms with Crippen molar-refractivity contribution in [3.63, 3.8) is 0 Å². The molecule has 1 aliphatic heterocycles. The number of hydrogen-bond donors (Lipinski definition) is 2. The summed E-state index contributed by atoms with van der Waals surface area (Å²) in [6.45, 7) is -0.431. The first kappa shape index (κ1) is 15.6. The standard InChI is InChI=1S/C12H15F2N3OS.ClH/c13-12(14)5-8(15-6-12)10(18)17-11-16-7-3-1-2-4-9(7)19-11;/h8,15H,1-6H2,(H,16,17,18);1H. The van der Waals surface area contributed by atoms with Crippen LogP contribution in [0.1, 0.15) is 29.8 Å². The molecule has 0 bridgehead atoms. The molecule has 1 unspecified atom stereocenters. The fourth-order valence-corrected chi connectivity index (χ4v) is 3.55. The van der Waals surface area contributed by atoms with E-state index in [-0.39, 0.29) is 12.4 Å². The molecule has 2 heterocycles. The van der Waals surface area contributed by atoms with Gasteiger partial charge in [0.15, 0.2) is 5.13 Å². The second-order valence-electron chi connectivity index (χ2n) is 5.08. The Hall–Kier alpha value is -0.790. The summed E-state index contributed by atoms with van der Waals surface area (Å²) in [5.41, 5.74) is 1.05. The van der Waals surface area contributed by atoms with E-state index in [2.05, 4.69) is 15.6 Å². The summed E-state index contributed by atoms with van der Waals surface area (Å²) >= 11 is 1.46. The zero-order chi connectivity index (χ0) is 13.5. The number of fused-ring (bicyclic) bond motifs is 1. The molecule has 1 atom stereocenters. The predicted molar refractivity (Wildman–Crippen MR) is 76.0 cm³/mol. The largest absolute Gasteiger partial charge is 0.301 e. The number of rotatable bonds is 2. The highest BCUT2D eigenvalue weighted by Crippen LogP contribution is 2.30. The van der Waals surface area contributed by atoms with E-state index >= 15 is 0 Å². The van der Waals surface area contributed by atoms with E-state index in [0.717, 1.165) is 31.4 Å². The first-order valence-corrected chi connectivity index (χ1v) is 7.26. The normalized spacial score (nSPS) is 23.8. The van der Waals surface area contributed by atoms with Gasteiger partial charge in [0.05, 0.1) is 18.3 Å². The van der Waals surface area contributed by atoms with Gasteiger partial charge in [-0.25, -0.2) is 13.8 Å². The van der Waals surface area contributed by atoms with Crippen LogP contribution in [0.4, 0.5) is 13.9 Å². The molecule has 4 nitrogen and oxygen atoms in total. The van der Waals surface area contributed by atoms with Gasteiger partial charge in [-0.1, -0.05) is 0 Å². The molecule has 1 aliphatic carbocycles. The summed E-state index contributed by atoms with van der Waals surface area (Å²) in [6, 6.07) is -0.823. The molecule has 3 rings (SSSR count). The van der Waals surface area contributed by atoms with E-state index in [9.17, 15) is 13.6 Å². The maximum Gasteiger partial charge on any atom is 0.262 e. The minimum atomic E-state index is -2.79. The molecule has 1 aromatic heterocycles. The maximum atomic E-state index is 13.0. The first-order chi connectivity index (χ1) is 9.03. The zero-order valence-electron chi connectivity index (χ0n) is 10.7. The molecule has 112 valence electrons. The summed E-state index contributed by atoms with van der Waals surface area (Å²) in [4.78, 5) is 17.5. The second-order valence-corrected chi connectivity index (χ2v) is 6.16. The molecule has 1 fully saturated rings. The fraction of sp³-hybridized carbons (Fsp3) is 0.667. The van der Waals surface area contributed by atoms with Crippen molar-refractivity contribution in [3.8, 4) is 0 Å². The molecule has 1 saturated heterocycles. The molecule has 2 N–H and O–H groups in total. The van der Waals surface area contributed by atoms with Crippen LogP contribution in [0.25, 0.3) is 0 Å². The monoisotopic (exact) mass is 323 g/mol. The highest BCUT2D eigenvalue weighted by Gasteiger charge is 2.42. The van der Waals surface area contributed by atoms with Gasteiger partial charge in [0.25, 0.3) is 5.92 Å². The molecule has 8 heteroatoms. The molecule has 2 aliphatic rings. The smallest absolute Gasteiger partial charge is 0.262 e. The van der Waals surface area contributed by atoms with Gasteiger partial charge in [0.1, 0.15) is 0 Å². The molecule has 1 amide bonds. The van der Waals surface area contributed by atoms with Crippen LogP contribution in [-0.4, -0.2) is 29.4 Å². The van der Waals surface area contributed by atoms with Crippen LogP contribution in [0.5, 0.6) is 0 Å². The average Bonchev–Trinajstić information content (AvgIpc) is 2.91. The van der Waals surface area contributed by atoms with E-state index < -0.39 is 30.8 Å². The Bertz CT molecular complexity index is 485. The number of halogens is 3. The maximum absolute atomic E-state index is 13.0. The summed E-state index contributed by atoms with van der Waals surface area (Å²) in [6.07, 6.45) is 3.79. The lowest BCUT2D eigenvalue weighted by Crippen LogP contribution is -2.35. The third kappa shape index (κ3) is 3.27. The molecular formula is C12H16ClF2N3OS. The Kier molecular flexibility index (Phi) is 4.61. The van der Waals surface area contributed by atoms with Crippen LogP contribution in [0.2, 0.25) is 0 Å². The van der Waals surface area contributed by atoms with Crippen molar-refractivity contribution >= 4 is 34.8 Å². The van der Waals surface area contributed by atoms with E-state index in [0.29, 0.717) is 5.13 Å². The SMILES string of the molecule is Cl.O=C(Nc1nc2c(s1)CCCC2)C1CC(F)(F)CN1. The minimum absolute atomic E-state index is 0. The van der Waals surface area contributed by atoms with E-state index in [1.165, 1.54) is 16.2 Å². The zero-order valence-corrected chi connectivity index (χ0v) is 12.4. The van der Waals surface area contributed by atoms with Gasteiger partial charge in [0.2, 0.25) is 5.91 Å². The fourth-order valence-electron chi connectivity index (χ4n) is 2.50. The molecule has 1 aromatic rings. The van der Waals surface area contributed by atoms with Crippen LogP contribution in [-0.2, 0) is 17.6 Å². The lowest BCUT2D eigenvalue weighted by atomic mass is 10.0. The lowest BCUT2D eigenvalue weighted by molar-refractivity contribution is -0.118. The third-order valence-electron chi connectivity index (χ3n) is 3.50. The van der Waals surface area contributed by atoms with Gasteiger partial charge in [-0.2, -0.15) is 0 Å². The minimum Gasteiger partial charge on any atom is -0.301 e. The predicted octanol–water partition coefficient (Wildman–Crippen LogP) is 2.38. The Morgan fingerprint density at radius 1 is 1.40 bits per heavy atom. The van der Waals surface area contributed by atoms with E-state index in [4.69, 9.17) is 0 Å². The number of amides is 1. The number of nitrogens with one attached hydrogen (secondary N) is 2.